The third kappa shape index (κ3) is 5.15. The molecule has 0 amide bonds. The molecule has 45 heavy (non-hydrogen) atoms. The van der Waals surface area contributed by atoms with Gasteiger partial charge in [-0.2, -0.15) is 9.97 Å². The second kappa shape index (κ2) is 11.5. The van der Waals surface area contributed by atoms with Gasteiger partial charge in [0.1, 0.15) is 30.1 Å². The van der Waals surface area contributed by atoms with Gasteiger partial charge >= 0.3 is 6.01 Å². The van der Waals surface area contributed by atoms with E-state index < -0.39 is 12.0 Å². The molecule has 8 rings (SSSR count). The lowest BCUT2D eigenvalue weighted by Gasteiger charge is -2.36. The third-order valence-corrected chi connectivity index (χ3v) is 10.7. The van der Waals surface area contributed by atoms with Crippen LogP contribution in [0.3, 0.4) is 0 Å². The van der Waals surface area contributed by atoms with Crippen molar-refractivity contribution in [3.8, 4) is 17.1 Å². The maximum absolute atomic E-state index is 17.0. The molecule has 2 aromatic carbocycles. The molecule has 0 saturated carbocycles. The monoisotopic (exact) mass is 636 g/mol. The Labute approximate surface area is 263 Å². The van der Waals surface area contributed by atoms with Crippen molar-refractivity contribution in [2.45, 2.75) is 60.8 Å². The van der Waals surface area contributed by atoms with Gasteiger partial charge in [0.25, 0.3) is 0 Å². The number of aromatic nitrogens is 2. The number of hydrogen-bond donors (Lipinski definition) is 2. The number of allylic oxidation sites excluding steroid dienone is 2. The number of piperazine rings is 1. The summed E-state index contributed by atoms with van der Waals surface area (Å²) in [6.45, 7) is 2.20. The minimum absolute atomic E-state index is 0.00330. The molecule has 4 aliphatic heterocycles. The molecule has 3 N–H and O–H groups in total. The van der Waals surface area contributed by atoms with Crippen LogP contribution in [-0.2, 0) is 4.74 Å². The van der Waals surface area contributed by atoms with E-state index in [0.29, 0.717) is 74.9 Å². The first-order valence-electron chi connectivity index (χ1n) is 15.6. The zero-order valence-electron chi connectivity index (χ0n) is 24.9. The minimum atomic E-state index is -0.958. The number of nitrogens with two attached hydrogens (primary N) is 1. The van der Waals surface area contributed by atoms with Crippen molar-refractivity contribution < 1.29 is 22.6 Å². The van der Waals surface area contributed by atoms with E-state index in [1.165, 1.54) is 6.07 Å². The van der Waals surface area contributed by atoms with Crippen LogP contribution in [0.4, 0.5) is 19.0 Å². The standard InChI is InChI=1S/C33H35F3N6O2S/c1-43-15-22-7-4-19(34)12-42(22)16-44-33-39-30-24(32(40-33)41-13-20-5-6-21(14-41)38-20)10-17-2-3-18-11-26(37)45-31-25(35)9-8-23(28(18)31)27(17)29(30)36/h2-3,8-11,18-22,38H,4-7,12-16,37H2,1H3. The summed E-state index contributed by atoms with van der Waals surface area (Å²) in [7, 11) is 1.63. The SMILES string of the molecule is COCC1CCC(F)CN1COc1nc(N2CC3CCC(C2)N3)c2cc3c(c(F)c2n1)-c1ccc(F)c2c1C(C=C3)C=C(N)S2. The van der Waals surface area contributed by atoms with Crippen molar-refractivity contribution in [2.24, 2.45) is 5.73 Å². The molecule has 5 heterocycles. The Morgan fingerprint density at radius 3 is 2.71 bits per heavy atom. The number of likely N-dealkylation sites (tertiary alicyclic amines) is 1. The maximum Gasteiger partial charge on any atom is 0.320 e. The van der Waals surface area contributed by atoms with Gasteiger partial charge in [0.05, 0.1) is 16.5 Å². The van der Waals surface area contributed by atoms with Gasteiger partial charge in [0.2, 0.25) is 0 Å². The summed E-state index contributed by atoms with van der Waals surface area (Å²) in [6.07, 6.45) is 8.04. The molecule has 236 valence electrons. The lowest BCUT2D eigenvalue weighted by Crippen LogP contribution is -2.51. The topological polar surface area (TPSA) is 88.8 Å². The number of piperidine rings is 1. The molecule has 12 heteroatoms. The Bertz CT molecular complexity index is 1720. The van der Waals surface area contributed by atoms with E-state index in [4.69, 9.17) is 20.2 Å². The first-order valence-corrected chi connectivity index (χ1v) is 16.4. The summed E-state index contributed by atoms with van der Waals surface area (Å²) in [5, 5.41) is 4.75. The summed E-state index contributed by atoms with van der Waals surface area (Å²) < 4.78 is 58.0. The summed E-state index contributed by atoms with van der Waals surface area (Å²) in [5.41, 5.74) is 8.64. The summed E-state index contributed by atoms with van der Waals surface area (Å²) in [4.78, 5) is 14.0. The second-order valence-corrected chi connectivity index (χ2v) is 13.7. The van der Waals surface area contributed by atoms with Crippen LogP contribution < -0.4 is 20.7 Å². The van der Waals surface area contributed by atoms with E-state index >= 15 is 8.78 Å². The van der Waals surface area contributed by atoms with Crippen LogP contribution in [0.15, 0.2) is 40.3 Å². The summed E-state index contributed by atoms with van der Waals surface area (Å²) in [6, 6.07) is 5.64. The Morgan fingerprint density at radius 2 is 1.91 bits per heavy atom. The molecule has 3 fully saturated rings. The van der Waals surface area contributed by atoms with Crippen LogP contribution in [0.1, 0.15) is 42.7 Å². The fraction of sp³-hybridized carbons (Fsp3) is 0.455. The van der Waals surface area contributed by atoms with Gasteiger partial charge in [0.15, 0.2) is 5.82 Å². The summed E-state index contributed by atoms with van der Waals surface area (Å²) >= 11 is 1.16. The number of fused-ring (bicyclic) bond motifs is 5. The van der Waals surface area contributed by atoms with Gasteiger partial charge in [-0.1, -0.05) is 30.0 Å². The largest absolute Gasteiger partial charge is 0.447 e. The van der Waals surface area contributed by atoms with Gasteiger partial charge in [-0.3, -0.25) is 4.90 Å². The first-order chi connectivity index (χ1) is 21.9. The minimum Gasteiger partial charge on any atom is -0.447 e. The molecule has 8 nitrogen and oxygen atoms in total. The van der Waals surface area contributed by atoms with Gasteiger partial charge in [-0.25, -0.2) is 13.2 Å². The Morgan fingerprint density at radius 1 is 1.09 bits per heavy atom. The fourth-order valence-electron chi connectivity index (χ4n) is 7.62. The second-order valence-electron chi connectivity index (χ2n) is 12.6. The van der Waals surface area contributed by atoms with Crippen LogP contribution in [-0.4, -0.2) is 79.2 Å². The van der Waals surface area contributed by atoms with Gasteiger partial charge in [-0.05, 0) is 60.6 Å². The van der Waals surface area contributed by atoms with E-state index in [1.54, 1.807) is 13.2 Å². The number of benzene rings is 2. The van der Waals surface area contributed by atoms with Gasteiger partial charge < -0.3 is 25.4 Å². The number of hydrogen-bond acceptors (Lipinski definition) is 9. The molecule has 3 aromatic rings. The molecular formula is C33H35F3N6O2S. The number of thioether (sulfide) groups is 1. The van der Waals surface area contributed by atoms with Crippen LogP contribution in [0.5, 0.6) is 6.01 Å². The Balaban J connectivity index is 1.26. The highest BCUT2D eigenvalue weighted by Crippen LogP contribution is 2.49. The first kappa shape index (κ1) is 29.1. The number of ether oxygens (including phenoxy) is 2. The number of anilines is 1. The van der Waals surface area contributed by atoms with Crippen LogP contribution in [0.25, 0.3) is 28.1 Å². The van der Waals surface area contributed by atoms with Crippen molar-refractivity contribution in [3.63, 3.8) is 0 Å². The Hall–Kier alpha value is -3.32. The van der Waals surface area contributed by atoms with Crippen molar-refractivity contribution >= 4 is 34.6 Å². The number of rotatable bonds is 6. The van der Waals surface area contributed by atoms with Gasteiger partial charge in [0, 0.05) is 61.7 Å². The predicted molar refractivity (Wildman–Crippen MR) is 169 cm³/mol. The quantitative estimate of drug-likeness (QED) is 0.374. The highest BCUT2D eigenvalue weighted by Gasteiger charge is 2.36. The Kier molecular flexibility index (Phi) is 7.43. The number of methoxy groups -OCH3 is 1. The smallest absolute Gasteiger partial charge is 0.320 e. The number of halogens is 3. The number of nitrogens with zero attached hydrogens (tertiary/aromatic N) is 4. The molecule has 0 spiro atoms. The highest BCUT2D eigenvalue weighted by molar-refractivity contribution is 8.03. The zero-order valence-corrected chi connectivity index (χ0v) is 25.8. The fourth-order valence-corrected chi connectivity index (χ4v) is 8.59. The van der Waals surface area contributed by atoms with E-state index in [0.717, 1.165) is 37.7 Å². The summed E-state index contributed by atoms with van der Waals surface area (Å²) in [5.74, 6) is -0.575. The van der Waals surface area contributed by atoms with E-state index in [2.05, 4.69) is 15.2 Å². The molecule has 5 unspecified atom stereocenters. The van der Waals surface area contributed by atoms with Crippen molar-refractivity contribution in [1.82, 2.24) is 20.2 Å². The van der Waals surface area contributed by atoms with Crippen LogP contribution in [0, 0.1) is 11.6 Å². The molecule has 5 aliphatic rings. The normalized spacial score (nSPS) is 27.2. The molecule has 1 aliphatic carbocycles. The van der Waals surface area contributed by atoms with E-state index in [-0.39, 0.29) is 42.6 Å². The maximum atomic E-state index is 17.0. The van der Waals surface area contributed by atoms with Crippen LogP contribution in [0.2, 0.25) is 0 Å². The van der Waals surface area contributed by atoms with Crippen molar-refractivity contribution in [3.05, 3.63) is 58.1 Å². The molecule has 0 radical (unpaired) electrons. The molecule has 3 saturated heterocycles. The predicted octanol–water partition coefficient (Wildman–Crippen LogP) is 5.32. The average molecular weight is 637 g/mol. The molecule has 5 atom stereocenters. The highest BCUT2D eigenvalue weighted by atomic mass is 32.2. The van der Waals surface area contributed by atoms with Crippen molar-refractivity contribution in [2.75, 3.05) is 45.0 Å². The van der Waals surface area contributed by atoms with Crippen molar-refractivity contribution in [1.29, 1.82) is 0 Å². The average Bonchev–Trinajstić information content (AvgIpc) is 3.28. The lowest BCUT2D eigenvalue weighted by atomic mass is 9.90. The lowest BCUT2D eigenvalue weighted by molar-refractivity contribution is -0.0107. The zero-order chi connectivity index (χ0) is 30.8. The van der Waals surface area contributed by atoms with E-state index in [1.807, 2.05) is 29.2 Å². The van der Waals surface area contributed by atoms with E-state index in [9.17, 15) is 4.39 Å². The molecule has 1 aromatic heterocycles. The molecular weight excluding hydrogens is 601 g/mol. The molecule has 2 bridgehead atoms. The number of alkyl halides is 1. The third-order valence-electron chi connectivity index (χ3n) is 9.72. The number of nitrogens with one attached hydrogen (secondary N) is 1. The van der Waals surface area contributed by atoms with Crippen LogP contribution >= 0.6 is 11.8 Å². The van der Waals surface area contributed by atoms with Gasteiger partial charge in [-0.15, -0.1) is 0 Å².